The van der Waals surface area contributed by atoms with E-state index in [9.17, 15) is 14.7 Å². The maximum atomic E-state index is 11.8. The molecule has 0 heterocycles. The number of carboxylic acids is 1. The largest absolute Gasteiger partial charge is 0.508 e. The summed E-state index contributed by atoms with van der Waals surface area (Å²) in [5.41, 5.74) is 0.766. The summed E-state index contributed by atoms with van der Waals surface area (Å²) in [6.45, 7) is 5.85. The summed E-state index contributed by atoms with van der Waals surface area (Å²) in [6.07, 6.45) is 0. The maximum absolute atomic E-state index is 11.8. The van der Waals surface area contributed by atoms with Crippen LogP contribution in [0.25, 0.3) is 0 Å². The van der Waals surface area contributed by atoms with Gasteiger partial charge in [0, 0.05) is 13.6 Å². The maximum Gasteiger partial charge on any atom is 0.337 e. The van der Waals surface area contributed by atoms with E-state index in [2.05, 4.69) is 11.9 Å². The molecule has 0 aliphatic carbocycles. The van der Waals surface area contributed by atoms with Crippen molar-refractivity contribution in [3.63, 3.8) is 0 Å². The van der Waals surface area contributed by atoms with Gasteiger partial charge in [-0.3, -0.25) is 0 Å². The number of aromatic hydroxyl groups is 1. The predicted octanol–water partition coefficient (Wildman–Crippen LogP) is 2.13. The van der Waals surface area contributed by atoms with Crippen LogP contribution in [-0.2, 0) is 0 Å². The zero-order valence-electron chi connectivity index (χ0n) is 10.8. The number of carbonyl (C=O) groups excluding carboxylic acids is 1. The number of amides is 2. The first kappa shape index (κ1) is 14.6. The molecule has 0 aromatic heterocycles. The van der Waals surface area contributed by atoms with Gasteiger partial charge >= 0.3 is 12.0 Å². The molecule has 1 aromatic rings. The number of phenolic OH excluding ortho intramolecular Hbond substituents is 1. The number of urea groups is 1. The van der Waals surface area contributed by atoms with Gasteiger partial charge in [0.15, 0.2) is 0 Å². The average Bonchev–Trinajstić information content (AvgIpc) is 2.30. The van der Waals surface area contributed by atoms with Gasteiger partial charge in [-0.1, -0.05) is 12.2 Å². The second-order valence-electron chi connectivity index (χ2n) is 4.28. The number of aromatic carboxylic acids is 1. The second kappa shape index (κ2) is 5.90. The van der Waals surface area contributed by atoms with Crippen molar-refractivity contribution in [1.29, 1.82) is 0 Å². The van der Waals surface area contributed by atoms with E-state index in [1.165, 1.54) is 17.0 Å². The Hall–Kier alpha value is -2.50. The SMILES string of the molecule is C=C(C)CN(C)C(=O)Nc1ccc(O)cc1C(=O)O. The van der Waals surface area contributed by atoms with Crippen molar-refractivity contribution in [3.8, 4) is 5.75 Å². The number of carbonyl (C=O) groups is 2. The first-order valence-corrected chi connectivity index (χ1v) is 5.54. The van der Waals surface area contributed by atoms with Gasteiger partial charge in [-0.05, 0) is 25.1 Å². The minimum absolute atomic E-state index is 0.129. The number of nitrogens with zero attached hydrogens (tertiary/aromatic N) is 1. The van der Waals surface area contributed by atoms with Crippen LogP contribution in [-0.4, -0.2) is 40.7 Å². The number of phenols is 1. The van der Waals surface area contributed by atoms with Crippen LogP contribution >= 0.6 is 0 Å². The lowest BCUT2D eigenvalue weighted by Gasteiger charge is -2.18. The van der Waals surface area contributed by atoms with Crippen LogP contribution in [0.1, 0.15) is 17.3 Å². The molecule has 0 fully saturated rings. The summed E-state index contributed by atoms with van der Waals surface area (Å²) in [5.74, 6) is -1.40. The van der Waals surface area contributed by atoms with E-state index in [1.54, 1.807) is 14.0 Å². The Morgan fingerprint density at radius 1 is 1.42 bits per heavy atom. The van der Waals surface area contributed by atoms with Crippen LogP contribution in [0.2, 0.25) is 0 Å². The molecule has 6 nitrogen and oxygen atoms in total. The number of carboxylic acid groups (broad SMARTS) is 1. The topological polar surface area (TPSA) is 89.9 Å². The van der Waals surface area contributed by atoms with E-state index < -0.39 is 12.0 Å². The van der Waals surface area contributed by atoms with Gasteiger partial charge in [0.25, 0.3) is 0 Å². The molecule has 102 valence electrons. The fraction of sp³-hybridized carbons (Fsp3) is 0.231. The molecule has 0 aliphatic heterocycles. The summed E-state index contributed by atoms with van der Waals surface area (Å²) in [6, 6.07) is 3.28. The van der Waals surface area contributed by atoms with Crippen LogP contribution in [0.15, 0.2) is 30.4 Å². The standard InChI is InChI=1S/C13H16N2O4/c1-8(2)7-15(3)13(19)14-11-5-4-9(16)6-10(11)12(17)18/h4-6,16H,1,7H2,2-3H3,(H,14,19)(H,17,18). The lowest BCUT2D eigenvalue weighted by molar-refractivity contribution is 0.0697. The van der Waals surface area contributed by atoms with Gasteiger partial charge in [0.05, 0.1) is 11.3 Å². The summed E-state index contributed by atoms with van der Waals surface area (Å²) in [4.78, 5) is 24.2. The van der Waals surface area contributed by atoms with Crippen molar-refractivity contribution >= 4 is 17.7 Å². The fourth-order valence-corrected chi connectivity index (χ4v) is 1.51. The van der Waals surface area contributed by atoms with Crippen molar-refractivity contribution in [3.05, 3.63) is 35.9 Å². The molecule has 19 heavy (non-hydrogen) atoms. The lowest BCUT2D eigenvalue weighted by atomic mass is 10.1. The molecule has 0 radical (unpaired) electrons. The third kappa shape index (κ3) is 4.02. The average molecular weight is 264 g/mol. The van der Waals surface area contributed by atoms with Gasteiger partial charge < -0.3 is 20.4 Å². The molecule has 1 aromatic carbocycles. The Balaban J connectivity index is 2.90. The van der Waals surface area contributed by atoms with Crippen molar-refractivity contribution in [1.82, 2.24) is 4.90 Å². The molecular weight excluding hydrogens is 248 g/mol. The molecule has 2 amide bonds. The zero-order chi connectivity index (χ0) is 14.6. The number of rotatable bonds is 4. The van der Waals surface area contributed by atoms with Crippen LogP contribution in [0, 0.1) is 0 Å². The van der Waals surface area contributed by atoms with Crippen molar-refractivity contribution < 1.29 is 19.8 Å². The van der Waals surface area contributed by atoms with Gasteiger partial charge in [-0.2, -0.15) is 0 Å². The molecule has 0 bridgehead atoms. The Morgan fingerprint density at radius 3 is 2.58 bits per heavy atom. The molecule has 0 atom stereocenters. The third-order valence-corrected chi connectivity index (χ3v) is 2.33. The van der Waals surface area contributed by atoms with E-state index >= 15 is 0 Å². The minimum Gasteiger partial charge on any atom is -0.508 e. The number of likely N-dealkylation sites (N-methyl/N-ethyl adjacent to an activating group) is 1. The summed E-state index contributed by atoms with van der Waals surface area (Å²) >= 11 is 0. The van der Waals surface area contributed by atoms with Crippen LogP contribution in [0.5, 0.6) is 5.75 Å². The summed E-state index contributed by atoms with van der Waals surface area (Å²) in [5, 5.41) is 20.7. The van der Waals surface area contributed by atoms with Crippen LogP contribution in [0.3, 0.4) is 0 Å². The molecule has 0 saturated heterocycles. The highest BCUT2D eigenvalue weighted by atomic mass is 16.4. The van der Waals surface area contributed by atoms with Crippen LogP contribution < -0.4 is 5.32 Å². The quantitative estimate of drug-likeness (QED) is 0.574. The molecule has 0 unspecified atom stereocenters. The van der Waals surface area contributed by atoms with Gasteiger partial charge in [-0.25, -0.2) is 9.59 Å². The number of benzene rings is 1. The van der Waals surface area contributed by atoms with Crippen molar-refractivity contribution in [2.24, 2.45) is 0 Å². The van der Waals surface area contributed by atoms with E-state index in [1.807, 2.05) is 0 Å². The molecule has 6 heteroatoms. The fourth-order valence-electron chi connectivity index (χ4n) is 1.51. The molecule has 0 saturated carbocycles. The predicted molar refractivity (Wildman–Crippen MR) is 71.5 cm³/mol. The highest BCUT2D eigenvalue weighted by molar-refractivity contribution is 6.00. The lowest BCUT2D eigenvalue weighted by Crippen LogP contribution is -2.32. The first-order chi connectivity index (χ1) is 8.81. The number of hydrogen-bond acceptors (Lipinski definition) is 3. The third-order valence-electron chi connectivity index (χ3n) is 2.33. The summed E-state index contributed by atoms with van der Waals surface area (Å²) in [7, 11) is 1.57. The van der Waals surface area contributed by atoms with E-state index in [4.69, 9.17) is 5.11 Å². The molecule has 0 aliphatic rings. The van der Waals surface area contributed by atoms with E-state index in [0.29, 0.717) is 6.54 Å². The Bertz CT molecular complexity index is 525. The van der Waals surface area contributed by atoms with E-state index in [-0.39, 0.29) is 17.0 Å². The van der Waals surface area contributed by atoms with Crippen molar-refractivity contribution in [2.45, 2.75) is 6.92 Å². The smallest absolute Gasteiger partial charge is 0.337 e. The van der Waals surface area contributed by atoms with E-state index in [0.717, 1.165) is 11.6 Å². The van der Waals surface area contributed by atoms with Gasteiger partial charge in [-0.15, -0.1) is 0 Å². The zero-order valence-corrected chi connectivity index (χ0v) is 10.8. The van der Waals surface area contributed by atoms with Crippen molar-refractivity contribution in [2.75, 3.05) is 18.9 Å². The van der Waals surface area contributed by atoms with Gasteiger partial charge in [0.2, 0.25) is 0 Å². The van der Waals surface area contributed by atoms with Gasteiger partial charge in [0.1, 0.15) is 5.75 Å². The number of hydrogen-bond donors (Lipinski definition) is 3. The minimum atomic E-state index is -1.23. The Kier molecular flexibility index (Phi) is 4.52. The Morgan fingerprint density at radius 2 is 2.05 bits per heavy atom. The second-order valence-corrected chi connectivity index (χ2v) is 4.28. The van der Waals surface area contributed by atoms with Crippen LogP contribution in [0.4, 0.5) is 10.5 Å². The molecule has 3 N–H and O–H groups in total. The highest BCUT2D eigenvalue weighted by Gasteiger charge is 2.15. The Labute approximate surface area is 111 Å². The molecule has 0 spiro atoms. The molecular formula is C13H16N2O4. The summed E-state index contributed by atoms with van der Waals surface area (Å²) < 4.78 is 0. The highest BCUT2D eigenvalue weighted by Crippen LogP contribution is 2.21. The molecule has 1 rings (SSSR count). The number of nitrogens with one attached hydrogen (secondary N) is 1. The monoisotopic (exact) mass is 264 g/mol. The number of anilines is 1. The normalized spacial score (nSPS) is 9.79. The first-order valence-electron chi connectivity index (χ1n) is 5.54.